The van der Waals surface area contributed by atoms with E-state index in [0.29, 0.717) is 5.56 Å². The first kappa shape index (κ1) is 26.9. The van der Waals surface area contributed by atoms with Crippen LogP contribution in [0.1, 0.15) is 17.4 Å². The van der Waals surface area contributed by atoms with Gasteiger partial charge in [0.05, 0.1) is 22.5 Å². The number of non-ortho nitro benzene ring substituents is 1. The van der Waals surface area contributed by atoms with Crippen molar-refractivity contribution in [2.75, 3.05) is 6.61 Å². The Morgan fingerprint density at radius 1 is 1.18 bits per heavy atom. The predicted octanol–water partition coefficient (Wildman–Crippen LogP) is 2.56. The van der Waals surface area contributed by atoms with Gasteiger partial charge in [-0.15, -0.1) is 11.3 Å². The van der Waals surface area contributed by atoms with Gasteiger partial charge < -0.3 is 19.9 Å². The van der Waals surface area contributed by atoms with Crippen molar-refractivity contribution < 1.29 is 38.7 Å². The SMILES string of the molecule is CC(=O)OCC1=C(C(=O)OCc2ccc([N+](=O)[O-])cc2)N2C(=O)C(NC(=O)Cc3cccs3)[C@H]2SC1=CO. The maximum absolute atomic E-state index is 13.2. The lowest BCUT2D eigenvalue weighted by Crippen LogP contribution is -2.70. The molecule has 1 aromatic heterocycles. The molecule has 1 saturated heterocycles. The summed E-state index contributed by atoms with van der Waals surface area (Å²) in [5.74, 6) is -2.53. The molecule has 198 valence electrons. The van der Waals surface area contributed by atoms with Gasteiger partial charge in [-0.2, -0.15) is 0 Å². The highest BCUT2D eigenvalue weighted by Crippen LogP contribution is 2.46. The summed E-state index contributed by atoms with van der Waals surface area (Å²) in [6.07, 6.45) is 0.816. The van der Waals surface area contributed by atoms with E-state index in [1.54, 1.807) is 6.07 Å². The fourth-order valence-corrected chi connectivity index (χ4v) is 5.75. The van der Waals surface area contributed by atoms with Crippen LogP contribution in [-0.2, 0) is 41.7 Å². The van der Waals surface area contributed by atoms with Gasteiger partial charge in [0.1, 0.15) is 30.3 Å². The van der Waals surface area contributed by atoms with Gasteiger partial charge in [0.25, 0.3) is 11.6 Å². The average molecular weight is 560 g/mol. The van der Waals surface area contributed by atoms with Crippen molar-refractivity contribution in [3.8, 4) is 0 Å². The number of aliphatic hydroxyl groups excluding tert-OH is 1. The summed E-state index contributed by atoms with van der Waals surface area (Å²) in [5.41, 5.74) is 0.161. The number of fused-ring (bicyclic) bond motifs is 1. The van der Waals surface area contributed by atoms with E-state index in [0.717, 1.165) is 27.8 Å². The van der Waals surface area contributed by atoms with E-state index < -0.39 is 40.8 Å². The van der Waals surface area contributed by atoms with Crippen LogP contribution in [0.4, 0.5) is 5.69 Å². The Morgan fingerprint density at radius 3 is 2.53 bits per heavy atom. The zero-order chi connectivity index (χ0) is 27.4. The molecule has 1 fully saturated rings. The number of amides is 2. The van der Waals surface area contributed by atoms with Crippen molar-refractivity contribution >= 4 is 52.5 Å². The Bertz CT molecular complexity index is 1340. The standard InChI is InChI=1S/C24H21N3O9S2/c1-13(29)35-12-17-18(10-28)38-23-20(25-19(30)9-16-3-2-8-37-16)22(31)26(23)21(17)24(32)36-11-14-4-6-15(7-5-14)27(33)34/h2-8,10,20,23,28H,9,11-12H2,1H3,(H,25,30)/t20?,23-/m1/s1. The molecule has 2 aliphatic rings. The summed E-state index contributed by atoms with van der Waals surface area (Å²) in [6.45, 7) is 0.491. The van der Waals surface area contributed by atoms with Gasteiger partial charge in [-0.05, 0) is 29.1 Å². The van der Waals surface area contributed by atoms with Crippen LogP contribution in [0.15, 0.2) is 64.2 Å². The number of nitrogens with one attached hydrogen (secondary N) is 1. The van der Waals surface area contributed by atoms with Crippen LogP contribution < -0.4 is 5.32 Å². The zero-order valence-corrected chi connectivity index (χ0v) is 21.5. The third kappa shape index (κ3) is 5.70. The molecule has 0 bridgehead atoms. The third-order valence-electron chi connectivity index (χ3n) is 5.59. The van der Waals surface area contributed by atoms with Crippen LogP contribution >= 0.6 is 23.1 Å². The first-order valence-corrected chi connectivity index (χ1v) is 12.9. The molecule has 1 unspecified atom stereocenters. The second-order valence-corrected chi connectivity index (χ2v) is 10.3. The maximum Gasteiger partial charge on any atom is 0.355 e. The summed E-state index contributed by atoms with van der Waals surface area (Å²) in [6, 6.07) is 8.01. The first-order chi connectivity index (χ1) is 18.2. The minimum atomic E-state index is -0.963. The van der Waals surface area contributed by atoms with Crippen molar-refractivity contribution in [3.05, 3.63) is 84.8 Å². The van der Waals surface area contributed by atoms with E-state index in [4.69, 9.17) is 9.47 Å². The predicted molar refractivity (Wildman–Crippen MR) is 135 cm³/mol. The molecule has 4 rings (SSSR count). The lowest BCUT2D eigenvalue weighted by Gasteiger charge is -2.49. The van der Waals surface area contributed by atoms with Gasteiger partial charge in [0.15, 0.2) is 0 Å². The number of hydrogen-bond acceptors (Lipinski definition) is 11. The smallest absolute Gasteiger partial charge is 0.355 e. The number of nitro groups is 1. The number of hydrogen-bond donors (Lipinski definition) is 2. The van der Waals surface area contributed by atoms with Crippen molar-refractivity contribution in [2.24, 2.45) is 0 Å². The molecule has 2 N–H and O–H groups in total. The average Bonchev–Trinajstić information content (AvgIpc) is 3.41. The molecule has 0 spiro atoms. The Balaban J connectivity index is 1.55. The number of ether oxygens (including phenoxy) is 2. The van der Waals surface area contributed by atoms with E-state index in [9.17, 15) is 34.4 Å². The van der Waals surface area contributed by atoms with E-state index in [-0.39, 0.29) is 40.8 Å². The Labute approximate surface area is 224 Å². The molecule has 2 amide bonds. The number of carbonyl (C=O) groups excluding carboxylic acids is 4. The van der Waals surface area contributed by atoms with Gasteiger partial charge in [0.2, 0.25) is 5.91 Å². The lowest BCUT2D eigenvalue weighted by molar-refractivity contribution is -0.384. The number of rotatable bonds is 9. The number of aliphatic hydroxyl groups is 1. The number of thioether (sulfide) groups is 1. The molecule has 3 heterocycles. The highest BCUT2D eigenvalue weighted by atomic mass is 32.2. The van der Waals surface area contributed by atoms with Gasteiger partial charge >= 0.3 is 11.9 Å². The fraction of sp³-hybridized carbons (Fsp3) is 0.250. The summed E-state index contributed by atoms with van der Waals surface area (Å²) in [4.78, 5) is 62.7. The van der Waals surface area contributed by atoms with Gasteiger partial charge in [0, 0.05) is 29.5 Å². The van der Waals surface area contributed by atoms with Crippen molar-refractivity contribution in [3.63, 3.8) is 0 Å². The zero-order valence-electron chi connectivity index (χ0n) is 19.8. The van der Waals surface area contributed by atoms with Gasteiger partial charge in [-0.1, -0.05) is 17.8 Å². The molecule has 2 aliphatic heterocycles. The number of nitrogens with zero attached hydrogens (tertiary/aromatic N) is 2. The minimum Gasteiger partial charge on any atom is -0.514 e. The summed E-state index contributed by atoms with van der Waals surface area (Å²) >= 11 is 2.43. The number of carbonyl (C=O) groups is 4. The van der Waals surface area contributed by atoms with E-state index in [1.807, 2.05) is 11.4 Å². The highest BCUT2D eigenvalue weighted by molar-refractivity contribution is 8.04. The quantitative estimate of drug-likeness (QED) is 0.153. The first-order valence-electron chi connectivity index (χ1n) is 11.1. The maximum atomic E-state index is 13.2. The third-order valence-corrected chi connectivity index (χ3v) is 7.80. The van der Waals surface area contributed by atoms with Crippen LogP contribution in [0.2, 0.25) is 0 Å². The molecule has 1 aromatic carbocycles. The van der Waals surface area contributed by atoms with E-state index >= 15 is 0 Å². The number of esters is 2. The summed E-state index contributed by atoms with van der Waals surface area (Å²) in [7, 11) is 0. The van der Waals surface area contributed by atoms with Gasteiger partial charge in [-0.25, -0.2) is 4.79 Å². The van der Waals surface area contributed by atoms with E-state index in [1.165, 1.54) is 42.5 Å². The number of β-lactam (4-membered cyclic amide) rings is 1. The normalized spacial score (nSPS) is 19.4. The molecule has 0 saturated carbocycles. The number of benzene rings is 1. The molecular weight excluding hydrogens is 538 g/mol. The monoisotopic (exact) mass is 559 g/mol. The molecule has 0 radical (unpaired) electrons. The molecule has 0 aliphatic carbocycles. The van der Waals surface area contributed by atoms with Crippen molar-refractivity contribution in [1.29, 1.82) is 0 Å². The number of thiophene rings is 1. The van der Waals surface area contributed by atoms with Crippen LogP contribution in [0.25, 0.3) is 0 Å². The fourth-order valence-electron chi connectivity index (χ4n) is 3.79. The second-order valence-electron chi connectivity index (χ2n) is 8.12. The van der Waals surface area contributed by atoms with Gasteiger partial charge in [-0.3, -0.25) is 29.4 Å². The van der Waals surface area contributed by atoms with Crippen molar-refractivity contribution in [1.82, 2.24) is 10.2 Å². The Morgan fingerprint density at radius 2 is 1.92 bits per heavy atom. The molecule has 14 heteroatoms. The molecular formula is C24H21N3O9S2. The largest absolute Gasteiger partial charge is 0.514 e. The topological polar surface area (TPSA) is 165 Å². The van der Waals surface area contributed by atoms with Crippen LogP contribution in [0.3, 0.4) is 0 Å². The molecule has 2 aromatic rings. The molecule has 2 atom stereocenters. The lowest BCUT2D eigenvalue weighted by atomic mass is 10.0. The Hall–Kier alpha value is -4.17. The van der Waals surface area contributed by atoms with Crippen LogP contribution in [0, 0.1) is 10.1 Å². The Kier molecular flexibility index (Phi) is 8.12. The van der Waals surface area contributed by atoms with Crippen molar-refractivity contribution in [2.45, 2.75) is 31.4 Å². The highest BCUT2D eigenvalue weighted by Gasteiger charge is 2.55. The minimum absolute atomic E-state index is 0.0642. The van der Waals surface area contributed by atoms with Crippen LogP contribution in [-0.4, -0.2) is 56.7 Å². The second kappa shape index (κ2) is 11.5. The van der Waals surface area contributed by atoms with E-state index in [2.05, 4.69) is 5.32 Å². The number of nitro benzene ring substituents is 1. The van der Waals surface area contributed by atoms with Crippen LogP contribution in [0.5, 0.6) is 0 Å². The molecule has 12 nitrogen and oxygen atoms in total. The summed E-state index contributed by atoms with van der Waals surface area (Å²) < 4.78 is 10.4. The molecule has 38 heavy (non-hydrogen) atoms. The summed E-state index contributed by atoms with van der Waals surface area (Å²) in [5, 5.41) is 24.5.